The van der Waals surface area contributed by atoms with Crippen molar-refractivity contribution in [2.24, 2.45) is 5.73 Å². The molecule has 0 amide bonds. The number of pyridine rings is 1. The fourth-order valence-corrected chi connectivity index (χ4v) is 1.01. The molecule has 1 rings (SSSR count). The molecule has 0 atom stereocenters. The van der Waals surface area contributed by atoms with Crippen molar-refractivity contribution in [1.29, 1.82) is 0 Å². The Balaban J connectivity index is 3.25. The predicted molar refractivity (Wildman–Crippen MR) is 41.8 cm³/mol. The summed E-state index contributed by atoms with van der Waals surface area (Å²) in [5.74, 6) is -0.952. The van der Waals surface area contributed by atoms with E-state index in [9.17, 15) is 13.2 Å². The summed E-state index contributed by atoms with van der Waals surface area (Å²) in [7, 11) is 0. The van der Waals surface area contributed by atoms with Crippen molar-refractivity contribution >= 4 is 0 Å². The van der Waals surface area contributed by atoms with Crippen LogP contribution in [0.25, 0.3) is 0 Å². The first-order valence-electron chi connectivity index (χ1n) is 3.70. The van der Waals surface area contributed by atoms with Crippen molar-refractivity contribution in [2.75, 3.05) is 0 Å². The average Bonchev–Trinajstić information content (AvgIpc) is 2.09. The van der Waals surface area contributed by atoms with Crippen LogP contribution in [0.4, 0.5) is 13.2 Å². The Bertz CT molecular complexity index is 313. The Labute approximate surface area is 73.6 Å². The molecule has 0 aliphatic carbocycles. The number of aromatic nitrogens is 1. The van der Waals surface area contributed by atoms with Gasteiger partial charge in [0.25, 0.3) is 6.43 Å². The van der Waals surface area contributed by atoms with Gasteiger partial charge in [-0.15, -0.1) is 0 Å². The molecule has 2 N–H and O–H groups in total. The predicted octanol–water partition coefficient (Wildman–Crippen LogP) is 1.93. The number of hydrogen-bond acceptors (Lipinski definition) is 2. The van der Waals surface area contributed by atoms with Gasteiger partial charge in [-0.25, -0.2) is 13.2 Å². The van der Waals surface area contributed by atoms with Crippen LogP contribution >= 0.6 is 0 Å². The first-order chi connectivity index (χ1) is 6.06. The lowest BCUT2D eigenvalue weighted by Gasteiger charge is -2.06. The molecule has 1 aromatic rings. The second-order valence-corrected chi connectivity index (χ2v) is 2.61. The number of hydrogen-bond donors (Lipinski definition) is 1. The third-order valence-electron chi connectivity index (χ3n) is 1.65. The number of rotatable bonds is 2. The molecule has 0 saturated carbocycles. The molecule has 13 heavy (non-hydrogen) atoms. The van der Waals surface area contributed by atoms with Crippen LogP contribution in [-0.4, -0.2) is 4.98 Å². The van der Waals surface area contributed by atoms with E-state index in [-0.39, 0.29) is 17.9 Å². The summed E-state index contributed by atoms with van der Waals surface area (Å²) in [6, 6.07) is 0.993. The summed E-state index contributed by atoms with van der Waals surface area (Å²) in [5.41, 5.74) is 4.81. The van der Waals surface area contributed by atoms with Gasteiger partial charge in [-0.1, -0.05) is 0 Å². The maximum Gasteiger partial charge on any atom is 0.266 e. The molecule has 1 aromatic heterocycles. The summed E-state index contributed by atoms with van der Waals surface area (Å²) < 4.78 is 37.4. The largest absolute Gasteiger partial charge is 0.325 e. The highest BCUT2D eigenvalue weighted by molar-refractivity contribution is 5.24. The number of aryl methyl sites for hydroxylation is 1. The van der Waals surface area contributed by atoms with Crippen molar-refractivity contribution in [3.63, 3.8) is 0 Å². The first-order valence-corrected chi connectivity index (χ1v) is 3.70. The molecule has 0 spiro atoms. The van der Waals surface area contributed by atoms with Gasteiger partial charge < -0.3 is 5.73 Å². The van der Waals surface area contributed by atoms with Gasteiger partial charge in [0.1, 0.15) is 0 Å². The molecule has 0 bridgehead atoms. The lowest BCUT2D eigenvalue weighted by molar-refractivity contribution is 0.145. The molecule has 2 nitrogen and oxygen atoms in total. The van der Waals surface area contributed by atoms with E-state index >= 15 is 0 Å². The van der Waals surface area contributed by atoms with E-state index in [1.165, 1.54) is 6.92 Å². The molecule has 1 heterocycles. The number of halogens is 3. The maximum absolute atomic E-state index is 13.0. The fourth-order valence-electron chi connectivity index (χ4n) is 1.01. The molecule has 0 unspecified atom stereocenters. The highest BCUT2D eigenvalue weighted by Gasteiger charge is 2.16. The number of nitrogens with two attached hydrogens (primary N) is 1. The SMILES string of the molecule is Cc1nc(CN)cc(C(F)F)c1F. The van der Waals surface area contributed by atoms with Crippen molar-refractivity contribution < 1.29 is 13.2 Å². The third kappa shape index (κ3) is 1.98. The highest BCUT2D eigenvalue weighted by Crippen LogP contribution is 2.23. The minimum atomic E-state index is -2.83. The smallest absolute Gasteiger partial charge is 0.266 e. The minimum absolute atomic E-state index is 0.0286. The van der Waals surface area contributed by atoms with Crippen LogP contribution in [0.2, 0.25) is 0 Å². The quantitative estimate of drug-likeness (QED) is 0.773. The Kier molecular flexibility index (Phi) is 2.87. The molecule has 0 aliphatic heterocycles. The average molecular weight is 190 g/mol. The Morgan fingerprint density at radius 1 is 1.54 bits per heavy atom. The van der Waals surface area contributed by atoms with Crippen LogP contribution in [0.5, 0.6) is 0 Å². The van der Waals surface area contributed by atoms with Crippen LogP contribution in [0.1, 0.15) is 23.4 Å². The molecule has 0 saturated heterocycles. The van der Waals surface area contributed by atoms with Crippen molar-refractivity contribution in [2.45, 2.75) is 19.9 Å². The van der Waals surface area contributed by atoms with Gasteiger partial charge in [0.2, 0.25) is 0 Å². The zero-order chi connectivity index (χ0) is 10.0. The second-order valence-electron chi connectivity index (χ2n) is 2.61. The third-order valence-corrected chi connectivity index (χ3v) is 1.65. The van der Waals surface area contributed by atoms with Crippen LogP contribution in [-0.2, 0) is 6.54 Å². The van der Waals surface area contributed by atoms with E-state index in [1.54, 1.807) is 0 Å². The van der Waals surface area contributed by atoms with Gasteiger partial charge in [-0.3, -0.25) is 4.98 Å². The summed E-state index contributed by atoms with van der Waals surface area (Å²) in [5, 5.41) is 0. The summed E-state index contributed by atoms with van der Waals surface area (Å²) in [6.07, 6.45) is -2.83. The van der Waals surface area contributed by atoms with E-state index in [0.29, 0.717) is 0 Å². The monoisotopic (exact) mass is 190 g/mol. The molecular formula is C8H9F3N2. The summed E-state index contributed by atoms with van der Waals surface area (Å²) in [4.78, 5) is 3.70. The first kappa shape index (κ1) is 9.98. The van der Waals surface area contributed by atoms with E-state index in [4.69, 9.17) is 5.73 Å². The normalized spacial score (nSPS) is 10.9. The second kappa shape index (κ2) is 3.74. The lowest BCUT2D eigenvalue weighted by Crippen LogP contribution is -2.05. The Morgan fingerprint density at radius 2 is 2.15 bits per heavy atom. The summed E-state index contributed by atoms with van der Waals surface area (Å²) in [6.45, 7) is 1.36. The van der Waals surface area contributed by atoms with Crippen molar-refractivity contribution in [3.8, 4) is 0 Å². The van der Waals surface area contributed by atoms with E-state index < -0.39 is 17.8 Å². The number of nitrogens with zero attached hydrogens (tertiary/aromatic N) is 1. The van der Waals surface area contributed by atoms with E-state index in [2.05, 4.69) is 4.98 Å². The van der Waals surface area contributed by atoms with Crippen LogP contribution in [0.3, 0.4) is 0 Å². The topological polar surface area (TPSA) is 38.9 Å². The van der Waals surface area contributed by atoms with Crippen LogP contribution in [0, 0.1) is 12.7 Å². The number of alkyl halides is 2. The summed E-state index contributed by atoms with van der Waals surface area (Å²) >= 11 is 0. The molecule has 0 radical (unpaired) electrons. The highest BCUT2D eigenvalue weighted by atomic mass is 19.3. The molecular weight excluding hydrogens is 181 g/mol. The fraction of sp³-hybridized carbons (Fsp3) is 0.375. The minimum Gasteiger partial charge on any atom is -0.325 e. The van der Waals surface area contributed by atoms with Crippen molar-refractivity contribution in [3.05, 3.63) is 28.8 Å². The van der Waals surface area contributed by atoms with Gasteiger partial charge in [0, 0.05) is 6.54 Å². The molecule has 72 valence electrons. The Morgan fingerprint density at radius 3 is 2.62 bits per heavy atom. The van der Waals surface area contributed by atoms with Gasteiger partial charge in [0.05, 0.1) is 17.0 Å². The van der Waals surface area contributed by atoms with Crippen molar-refractivity contribution in [1.82, 2.24) is 4.98 Å². The lowest BCUT2D eigenvalue weighted by atomic mass is 10.2. The van der Waals surface area contributed by atoms with Gasteiger partial charge in [-0.05, 0) is 13.0 Å². The van der Waals surface area contributed by atoms with E-state index in [1.807, 2.05) is 0 Å². The van der Waals surface area contributed by atoms with Crippen LogP contribution in [0.15, 0.2) is 6.07 Å². The van der Waals surface area contributed by atoms with Gasteiger partial charge in [-0.2, -0.15) is 0 Å². The maximum atomic E-state index is 13.0. The van der Waals surface area contributed by atoms with Gasteiger partial charge >= 0.3 is 0 Å². The zero-order valence-electron chi connectivity index (χ0n) is 7.02. The molecule has 5 heteroatoms. The molecule has 0 aliphatic rings. The van der Waals surface area contributed by atoms with E-state index in [0.717, 1.165) is 6.07 Å². The van der Waals surface area contributed by atoms with Gasteiger partial charge in [0.15, 0.2) is 5.82 Å². The standard InChI is InChI=1S/C8H9F3N2/c1-4-7(9)6(8(10)11)2-5(3-12)13-4/h2,8H,3,12H2,1H3. The molecule has 0 aromatic carbocycles. The molecule has 0 fully saturated rings. The Hall–Kier alpha value is -1.10. The zero-order valence-corrected chi connectivity index (χ0v) is 7.02. The van der Waals surface area contributed by atoms with Crippen LogP contribution < -0.4 is 5.73 Å².